The molecule has 0 atom stereocenters. The lowest BCUT2D eigenvalue weighted by atomic mass is 10.1. The third kappa shape index (κ3) is 3.72. The first-order valence-corrected chi connectivity index (χ1v) is 8.95. The minimum atomic E-state index is -0.274. The maximum absolute atomic E-state index is 12.2. The largest absolute Gasteiger partial charge is 0.466 e. The fourth-order valence-electron chi connectivity index (χ4n) is 3.42. The topological polar surface area (TPSA) is 59.5 Å². The van der Waals surface area contributed by atoms with E-state index in [-0.39, 0.29) is 5.91 Å². The molecule has 1 N–H and O–H groups in total. The Morgan fingerprint density at radius 1 is 1.07 bits per heavy atom. The van der Waals surface area contributed by atoms with Crippen LogP contribution < -0.4 is 5.43 Å². The number of hydrogen-bond acceptors (Lipinski definition) is 3. The van der Waals surface area contributed by atoms with E-state index in [4.69, 9.17) is 4.42 Å². The zero-order valence-corrected chi connectivity index (χ0v) is 16.7. The third-order valence-corrected chi connectivity index (χ3v) is 4.72. The number of hydrogen-bond donors (Lipinski definition) is 1. The average molecular weight is 363 g/mol. The Labute approximate surface area is 159 Å². The lowest BCUT2D eigenvalue weighted by Gasteiger charge is -2.13. The highest BCUT2D eigenvalue weighted by Crippen LogP contribution is 2.23. The van der Waals surface area contributed by atoms with Gasteiger partial charge in [-0.25, -0.2) is 5.43 Å². The van der Waals surface area contributed by atoms with E-state index in [0.29, 0.717) is 17.1 Å². The molecule has 0 saturated carbocycles. The Bertz CT molecular complexity index is 1040. The van der Waals surface area contributed by atoms with Crippen LogP contribution in [-0.2, 0) is 0 Å². The van der Waals surface area contributed by atoms with E-state index in [1.54, 1.807) is 19.2 Å². The van der Waals surface area contributed by atoms with Crippen LogP contribution in [0.4, 0.5) is 0 Å². The van der Waals surface area contributed by atoms with E-state index in [9.17, 15) is 4.79 Å². The first kappa shape index (κ1) is 18.7. The van der Waals surface area contributed by atoms with Crippen molar-refractivity contribution in [3.8, 4) is 5.69 Å². The smallest absolute Gasteiger partial charge is 0.274 e. The summed E-state index contributed by atoms with van der Waals surface area (Å²) in [5.74, 6) is 1.02. The Morgan fingerprint density at radius 3 is 2.44 bits per heavy atom. The van der Waals surface area contributed by atoms with Crippen LogP contribution in [0, 0.1) is 41.5 Å². The zero-order chi connectivity index (χ0) is 19.7. The van der Waals surface area contributed by atoms with Crippen LogP contribution in [0.1, 0.15) is 50.0 Å². The average Bonchev–Trinajstić information content (AvgIpc) is 3.07. The molecule has 0 bridgehead atoms. The van der Waals surface area contributed by atoms with Gasteiger partial charge in [0.25, 0.3) is 5.91 Å². The van der Waals surface area contributed by atoms with E-state index >= 15 is 0 Å². The van der Waals surface area contributed by atoms with Gasteiger partial charge in [-0.3, -0.25) is 4.79 Å². The number of nitrogens with zero attached hydrogens (tertiary/aromatic N) is 2. The quantitative estimate of drug-likeness (QED) is 0.540. The van der Waals surface area contributed by atoms with Gasteiger partial charge >= 0.3 is 0 Å². The standard InChI is InChI=1S/C22H25N3O2/c1-13-7-8-21(14(2)9-13)25-15(3)10-19(17(25)5)12-23-24-22(26)20-11-16(4)27-18(20)6/h7-12H,1-6H3,(H,24,26). The second-order valence-corrected chi connectivity index (χ2v) is 6.98. The molecule has 0 fully saturated rings. The van der Waals surface area contributed by atoms with Crippen molar-refractivity contribution in [1.82, 2.24) is 9.99 Å². The Morgan fingerprint density at radius 2 is 1.81 bits per heavy atom. The number of rotatable bonds is 4. The summed E-state index contributed by atoms with van der Waals surface area (Å²) in [7, 11) is 0. The normalized spacial score (nSPS) is 11.3. The van der Waals surface area contributed by atoms with E-state index in [1.807, 2.05) is 6.92 Å². The summed E-state index contributed by atoms with van der Waals surface area (Å²) in [6.07, 6.45) is 1.68. The van der Waals surface area contributed by atoms with E-state index < -0.39 is 0 Å². The Balaban J connectivity index is 1.83. The van der Waals surface area contributed by atoms with Crippen molar-refractivity contribution in [2.75, 3.05) is 0 Å². The minimum Gasteiger partial charge on any atom is -0.466 e. The number of nitrogens with one attached hydrogen (secondary N) is 1. The second-order valence-electron chi connectivity index (χ2n) is 6.98. The number of hydrazone groups is 1. The summed E-state index contributed by atoms with van der Waals surface area (Å²) in [6, 6.07) is 10.2. The van der Waals surface area contributed by atoms with Gasteiger partial charge in [0.05, 0.1) is 11.8 Å². The summed E-state index contributed by atoms with van der Waals surface area (Å²) < 4.78 is 7.60. The van der Waals surface area contributed by atoms with Crippen LogP contribution in [0.3, 0.4) is 0 Å². The van der Waals surface area contributed by atoms with Crippen LogP contribution in [0.2, 0.25) is 0 Å². The van der Waals surface area contributed by atoms with Gasteiger partial charge in [-0.15, -0.1) is 0 Å². The van der Waals surface area contributed by atoms with Crippen LogP contribution in [0.25, 0.3) is 5.69 Å². The predicted octanol–water partition coefficient (Wildman–Crippen LogP) is 4.68. The number of carbonyl (C=O) groups is 1. The highest BCUT2D eigenvalue weighted by molar-refractivity contribution is 5.96. The molecule has 0 aliphatic carbocycles. The van der Waals surface area contributed by atoms with Gasteiger partial charge < -0.3 is 8.98 Å². The highest BCUT2D eigenvalue weighted by Gasteiger charge is 2.14. The molecule has 2 heterocycles. The highest BCUT2D eigenvalue weighted by atomic mass is 16.3. The van der Waals surface area contributed by atoms with Crippen LogP contribution >= 0.6 is 0 Å². The molecule has 5 nitrogen and oxygen atoms in total. The molecule has 0 spiro atoms. The number of furan rings is 1. The van der Waals surface area contributed by atoms with E-state index in [2.05, 4.69) is 67.1 Å². The van der Waals surface area contributed by atoms with Crippen molar-refractivity contribution in [3.05, 3.63) is 75.5 Å². The minimum absolute atomic E-state index is 0.274. The van der Waals surface area contributed by atoms with Gasteiger partial charge in [0.1, 0.15) is 11.5 Å². The molecule has 5 heteroatoms. The molecule has 1 aromatic carbocycles. The number of aromatic nitrogens is 1. The number of amides is 1. The van der Waals surface area contributed by atoms with Gasteiger partial charge in [0.15, 0.2) is 0 Å². The first-order valence-electron chi connectivity index (χ1n) is 8.95. The molecule has 27 heavy (non-hydrogen) atoms. The molecule has 0 aliphatic heterocycles. The summed E-state index contributed by atoms with van der Waals surface area (Å²) in [5, 5.41) is 4.13. The van der Waals surface area contributed by atoms with Crippen LogP contribution in [0.5, 0.6) is 0 Å². The van der Waals surface area contributed by atoms with Crippen molar-refractivity contribution in [1.29, 1.82) is 0 Å². The zero-order valence-electron chi connectivity index (χ0n) is 16.7. The van der Waals surface area contributed by atoms with Crippen molar-refractivity contribution >= 4 is 12.1 Å². The molecule has 0 radical (unpaired) electrons. The summed E-state index contributed by atoms with van der Waals surface area (Å²) in [5.41, 5.74) is 9.87. The SMILES string of the molecule is Cc1ccc(-n2c(C)cc(C=NNC(=O)c3cc(C)oc3C)c2C)c(C)c1. The Hall–Kier alpha value is -3.08. The monoisotopic (exact) mass is 363 g/mol. The maximum Gasteiger partial charge on any atom is 0.274 e. The van der Waals surface area contributed by atoms with Gasteiger partial charge in [0, 0.05) is 22.6 Å². The maximum atomic E-state index is 12.2. The van der Waals surface area contributed by atoms with Crippen molar-refractivity contribution < 1.29 is 9.21 Å². The number of carbonyl (C=O) groups excluding carboxylic acids is 1. The molecule has 0 aliphatic rings. The molecule has 3 aromatic rings. The van der Waals surface area contributed by atoms with E-state index in [0.717, 1.165) is 22.6 Å². The fraction of sp³-hybridized carbons (Fsp3) is 0.273. The number of aryl methyl sites for hydroxylation is 5. The molecule has 140 valence electrons. The molecule has 0 unspecified atom stereocenters. The van der Waals surface area contributed by atoms with Gasteiger partial charge in [-0.05, 0) is 65.3 Å². The van der Waals surface area contributed by atoms with E-state index in [1.165, 1.54) is 11.1 Å². The van der Waals surface area contributed by atoms with Crippen LogP contribution in [-0.4, -0.2) is 16.7 Å². The fourth-order valence-corrected chi connectivity index (χ4v) is 3.42. The molecular formula is C22H25N3O2. The molecule has 2 aromatic heterocycles. The molecule has 3 rings (SSSR count). The van der Waals surface area contributed by atoms with Gasteiger partial charge in [-0.1, -0.05) is 17.7 Å². The lowest BCUT2D eigenvalue weighted by molar-refractivity contribution is 0.0953. The first-order chi connectivity index (χ1) is 12.8. The summed E-state index contributed by atoms with van der Waals surface area (Å²) >= 11 is 0. The summed E-state index contributed by atoms with van der Waals surface area (Å²) in [4.78, 5) is 12.2. The summed E-state index contributed by atoms with van der Waals surface area (Å²) in [6.45, 7) is 11.9. The number of benzene rings is 1. The molecular weight excluding hydrogens is 338 g/mol. The Kier molecular flexibility index (Phi) is 5.04. The van der Waals surface area contributed by atoms with Crippen LogP contribution in [0.15, 0.2) is 39.9 Å². The van der Waals surface area contributed by atoms with Crippen molar-refractivity contribution in [2.24, 2.45) is 5.10 Å². The third-order valence-electron chi connectivity index (χ3n) is 4.72. The second kappa shape index (κ2) is 7.27. The predicted molar refractivity (Wildman–Crippen MR) is 108 cm³/mol. The lowest BCUT2D eigenvalue weighted by Crippen LogP contribution is -2.17. The van der Waals surface area contributed by atoms with Crippen molar-refractivity contribution in [3.63, 3.8) is 0 Å². The van der Waals surface area contributed by atoms with Gasteiger partial charge in [-0.2, -0.15) is 5.10 Å². The van der Waals surface area contributed by atoms with Gasteiger partial charge in [0.2, 0.25) is 0 Å². The molecule has 1 amide bonds. The van der Waals surface area contributed by atoms with Crippen molar-refractivity contribution in [2.45, 2.75) is 41.5 Å². The molecule has 0 saturated heterocycles.